The van der Waals surface area contributed by atoms with Crippen molar-refractivity contribution in [3.8, 4) is 11.8 Å². The molecular formula is C21H17ClF2. The third-order valence-corrected chi connectivity index (χ3v) is 4.62. The number of hydrogen-bond acceptors (Lipinski definition) is 0. The predicted octanol–water partition coefficient (Wildman–Crippen LogP) is 5.70. The van der Waals surface area contributed by atoms with Crippen molar-refractivity contribution in [3.05, 3.63) is 81.4 Å². The molecule has 0 aliphatic heterocycles. The SMILES string of the molecule is CC=CC1CCc2c(ccc(C#Cc3ccc(Cl)c(F)c3)c2F)C1. The minimum atomic E-state index is -0.524. The highest BCUT2D eigenvalue weighted by Crippen LogP contribution is 2.29. The van der Waals surface area contributed by atoms with E-state index < -0.39 is 5.82 Å². The number of fused-ring (bicyclic) bond motifs is 1. The van der Waals surface area contributed by atoms with E-state index in [1.54, 1.807) is 12.1 Å². The van der Waals surface area contributed by atoms with Gasteiger partial charge in [0.25, 0.3) is 0 Å². The molecule has 24 heavy (non-hydrogen) atoms. The fraction of sp³-hybridized carbons (Fsp3) is 0.238. The van der Waals surface area contributed by atoms with E-state index in [0.29, 0.717) is 17.0 Å². The van der Waals surface area contributed by atoms with Crippen LogP contribution in [0.25, 0.3) is 0 Å². The van der Waals surface area contributed by atoms with Gasteiger partial charge in [0.15, 0.2) is 0 Å². The molecule has 0 saturated heterocycles. The Hall–Kier alpha value is -2.11. The van der Waals surface area contributed by atoms with Gasteiger partial charge in [-0.25, -0.2) is 8.78 Å². The Labute approximate surface area is 146 Å². The molecule has 0 spiro atoms. The summed E-state index contributed by atoms with van der Waals surface area (Å²) in [4.78, 5) is 0. The quantitative estimate of drug-likeness (QED) is 0.460. The van der Waals surface area contributed by atoms with Crippen LogP contribution in [0.15, 0.2) is 42.5 Å². The van der Waals surface area contributed by atoms with Gasteiger partial charge >= 0.3 is 0 Å². The first kappa shape index (κ1) is 16.7. The van der Waals surface area contributed by atoms with Crippen LogP contribution in [0.3, 0.4) is 0 Å². The molecule has 0 radical (unpaired) electrons. The monoisotopic (exact) mass is 342 g/mol. The normalized spacial score (nSPS) is 16.6. The molecule has 1 aliphatic carbocycles. The molecule has 2 aromatic rings. The lowest BCUT2D eigenvalue weighted by atomic mass is 9.82. The maximum atomic E-state index is 14.7. The molecule has 0 N–H and O–H groups in total. The Kier molecular flexibility index (Phi) is 5.02. The second kappa shape index (κ2) is 7.20. The fourth-order valence-electron chi connectivity index (χ4n) is 3.08. The molecule has 1 aliphatic rings. The van der Waals surface area contributed by atoms with Crippen LogP contribution in [0.5, 0.6) is 0 Å². The Morgan fingerprint density at radius 1 is 1.17 bits per heavy atom. The Balaban J connectivity index is 1.89. The molecule has 1 unspecified atom stereocenters. The zero-order valence-electron chi connectivity index (χ0n) is 13.4. The molecule has 0 bridgehead atoms. The fourth-order valence-corrected chi connectivity index (χ4v) is 3.20. The molecule has 3 heteroatoms. The number of benzene rings is 2. The summed E-state index contributed by atoms with van der Waals surface area (Å²) in [6, 6.07) is 8.00. The zero-order chi connectivity index (χ0) is 17.1. The molecule has 0 saturated carbocycles. The van der Waals surface area contributed by atoms with Crippen LogP contribution in [0.4, 0.5) is 8.78 Å². The first-order valence-electron chi connectivity index (χ1n) is 7.98. The van der Waals surface area contributed by atoms with Crippen LogP contribution in [0, 0.1) is 29.4 Å². The van der Waals surface area contributed by atoms with Crippen LogP contribution < -0.4 is 0 Å². The van der Waals surface area contributed by atoms with E-state index >= 15 is 0 Å². The van der Waals surface area contributed by atoms with Crippen LogP contribution in [0.1, 0.15) is 35.6 Å². The Morgan fingerprint density at radius 3 is 2.75 bits per heavy atom. The van der Waals surface area contributed by atoms with Crippen molar-refractivity contribution >= 4 is 11.6 Å². The van der Waals surface area contributed by atoms with Gasteiger partial charge in [-0.1, -0.05) is 41.7 Å². The van der Waals surface area contributed by atoms with Crippen molar-refractivity contribution in [2.45, 2.75) is 26.2 Å². The van der Waals surface area contributed by atoms with E-state index in [-0.39, 0.29) is 10.8 Å². The van der Waals surface area contributed by atoms with Crippen molar-refractivity contribution < 1.29 is 8.78 Å². The summed E-state index contributed by atoms with van der Waals surface area (Å²) in [6.45, 7) is 2.01. The van der Waals surface area contributed by atoms with E-state index in [1.165, 1.54) is 12.1 Å². The van der Waals surface area contributed by atoms with Gasteiger partial charge in [-0.3, -0.25) is 0 Å². The molecule has 0 heterocycles. The molecule has 122 valence electrons. The summed E-state index contributed by atoms with van der Waals surface area (Å²) in [7, 11) is 0. The van der Waals surface area contributed by atoms with Gasteiger partial charge in [0, 0.05) is 5.56 Å². The smallest absolute Gasteiger partial charge is 0.143 e. The van der Waals surface area contributed by atoms with Crippen molar-refractivity contribution in [2.75, 3.05) is 0 Å². The average Bonchev–Trinajstić information content (AvgIpc) is 2.57. The summed E-state index contributed by atoms with van der Waals surface area (Å²) >= 11 is 5.65. The van der Waals surface area contributed by atoms with Gasteiger partial charge in [0.1, 0.15) is 11.6 Å². The summed E-state index contributed by atoms with van der Waals surface area (Å²) < 4.78 is 28.1. The maximum Gasteiger partial charge on any atom is 0.143 e. The molecule has 2 aromatic carbocycles. The van der Waals surface area contributed by atoms with Crippen LogP contribution in [-0.2, 0) is 12.8 Å². The topological polar surface area (TPSA) is 0 Å². The van der Waals surface area contributed by atoms with Crippen molar-refractivity contribution in [2.24, 2.45) is 5.92 Å². The molecule has 0 nitrogen and oxygen atoms in total. The van der Waals surface area contributed by atoms with E-state index in [4.69, 9.17) is 11.6 Å². The highest BCUT2D eigenvalue weighted by atomic mass is 35.5. The highest BCUT2D eigenvalue weighted by molar-refractivity contribution is 6.30. The molecule has 0 fully saturated rings. The standard InChI is InChI=1S/C21H17ClF2/c1-2-3-14-5-10-18-17(12-14)9-8-16(21(18)24)7-4-15-6-11-19(22)20(23)13-15/h2-3,6,8-9,11,13-14H,5,10,12H2,1H3. The summed E-state index contributed by atoms with van der Waals surface area (Å²) in [5.41, 5.74) is 2.66. The summed E-state index contributed by atoms with van der Waals surface area (Å²) in [6.07, 6.45) is 6.78. The first-order chi connectivity index (χ1) is 11.6. The van der Waals surface area contributed by atoms with Gasteiger partial charge in [-0.2, -0.15) is 0 Å². The number of rotatable bonds is 1. The third kappa shape index (κ3) is 3.52. The predicted molar refractivity (Wildman–Crippen MR) is 94.1 cm³/mol. The van der Waals surface area contributed by atoms with Crippen molar-refractivity contribution in [1.29, 1.82) is 0 Å². The number of allylic oxidation sites excluding steroid dienone is 2. The second-order valence-electron chi connectivity index (χ2n) is 5.97. The van der Waals surface area contributed by atoms with Gasteiger partial charge in [0.2, 0.25) is 0 Å². The minimum Gasteiger partial charge on any atom is -0.205 e. The van der Waals surface area contributed by atoms with Gasteiger partial charge in [-0.15, -0.1) is 0 Å². The molecule has 0 amide bonds. The number of halogens is 3. The average molecular weight is 343 g/mol. The van der Waals surface area contributed by atoms with Crippen LogP contribution >= 0.6 is 11.6 Å². The lowest BCUT2D eigenvalue weighted by molar-refractivity contribution is 0.519. The number of hydrogen-bond donors (Lipinski definition) is 0. The Bertz CT molecular complexity index is 856. The van der Waals surface area contributed by atoms with E-state index in [1.807, 2.05) is 13.0 Å². The lowest BCUT2D eigenvalue weighted by Crippen LogP contribution is -2.14. The van der Waals surface area contributed by atoms with Crippen molar-refractivity contribution in [3.63, 3.8) is 0 Å². The largest absolute Gasteiger partial charge is 0.205 e. The third-order valence-electron chi connectivity index (χ3n) is 4.31. The maximum absolute atomic E-state index is 14.7. The van der Waals surface area contributed by atoms with E-state index in [9.17, 15) is 8.78 Å². The van der Waals surface area contributed by atoms with Crippen LogP contribution in [-0.4, -0.2) is 0 Å². The molecular weight excluding hydrogens is 326 g/mol. The first-order valence-corrected chi connectivity index (χ1v) is 8.36. The van der Waals surface area contributed by atoms with E-state index in [2.05, 4.69) is 24.0 Å². The van der Waals surface area contributed by atoms with E-state index in [0.717, 1.165) is 30.4 Å². The summed E-state index contributed by atoms with van der Waals surface area (Å²) in [5.74, 6) is 5.34. The van der Waals surface area contributed by atoms with Gasteiger partial charge < -0.3 is 0 Å². The zero-order valence-corrected chi connectivity index (χ0v) is 14.1. The second-order valence-corrected chi connectivity index (χ2v) is 6.38. The molecule has 0 aromatic heterocycles. The summed E-state index contributed by atoms with van der Waals surface area (Å²) in [5, 5.41) is 0.0520. The highest BCUT2D eigenvalue weighted by Gasteiger charge is 2.20. The van der Waals surface area contributed by atoms with Crippen molar-refractivity contribution in [1.82, 2.24) is 0 Å². The lowest BCUT2D eigenvalue weighted by Gasteiger charge is -2.23. The Morgan fingerprint density at radius 2 is 2.00 bits per heavy atom. The van der Waals surface area contributed by atoms with Gasteiger partial charge in [0.05, 0.1) is 10.6 Å². The van der Waals surface area contributed by atoms with Gasteiger partial charge in [-0.05, 0) is 67.5 Å². The van der Waals surface area contributed by atoms with Crippen LogP contribution in [0.2, 0.25) is 5.02 Å². The molecule has 1 atom stereocenters. The minimum absolute atomic E-state index is 0.0520. The molecule has 3 rings (SSSR count).